The highest BCUT2D eigenvalue weighted by Crippen LogP contribution is 2.08. The number of hydrogen-bond acceptors (Lipinski definition) is 4. The highest BCUT2D eigenvalue weighted by Gasteiger charge is 2.10. The van der Waals surface area contributed by atoms with E-state index in [0.717, 1.165) is 36.8 Å². The van der Waals surface area contributed by atoms with Gasteiger partial charge >= 0.3 is 0 Å². The first kappa shape index (κ1) is 13.2. The lowest BCUT2D eigenvalue weighted by atomic mass is 10.2. The molecule has 0 spiro atoms. The lowest BCUT2D eigenvalue weighted by Gasteiger charge is -2.15. The van der Waals surface area contributed by atoms with E-state index in [1.165, 1.54) is 0 Å². The van der Waals surface area contributed by atoms with Crippen molar-refractivity contribution < 1.29 is 9.15 Å². The average Bonchev–Trinajstić information content (AvgIpc) is 2.56. The molecule has 0 amide bonds. The second-order valence-corrected chi connectivity index (χ2v) is 4.07. The SMILES string of the molecule is CCCC(COC)NCc1nc(C)c(C)o1. The number of aryl methyl sites for hydroxylation is 2. The van der Waals surface area contributed by atoms with Crippen LogP contribution in [0.25, 0.3) is 0 Å². The Morgan fingerprint density at radius 1 is 1.44 bits per heavy atom. The van der Waals surface area contributed by atoms with Gasteiger partial charge in [0.2, 0.25) is 5.89 Å². The zero-order valence-electron chi connectivity index (χ0n) is 10.7. The van der Waals surface area contributed by atoms with Gasteiger partial charge in [-0.3, -0.25) is 0 Å². The van der Waals surface area contributed by atoms with Crippen molar-refractivity contribution >= 4 is 0 Å². The summed E-state index contributed by atoms with van der Waals surface area (Å²) in [7, 11) is 1.73. The Bertz CT molecular complexity index is 284. The molecule has 92 valence electrons. The summed E-state index contributed by atoms with van der Waals surface area (Å²) in [5, 5.41) is 3.40. The van der Waals surface area contributed by atoms with Crippen LogP contribution in [0.2, 0.25) is 0 Å². The normalized spacial score (nSPS) is 13.0. The number of nitrogens with zero attached hydrogens (tertiary/aromatic N) is 1. The van der Waals surface area contributed by atoms with Gasteiger partial charge in [-0.15, -0.1) is 0 Å². The third-order valence-electron chi connectivity index (χ3n) is 2.62. The van der Waals surface area contributed by atoms with E-state index < -0.39 is 0 Å². The molecule has 1 N–H and O–H groups in total. The molecular formula is C12H22N2O2. The Morgan fingerprint density at radius 3 is 2.69 bits per heavy atom. The fraction of sp³-hybridized carbons (Fsp3) is 0.750. The van der Waals surface area contributed by atoms with Crippen LogP contribution in [-0.4, -0.2) is 24.7 Å². The second-order valence-electron chi connectivity index (χ2n) is 4.07. The molecule has 16 heavy (non-hydrogen) atoms. The Morgan fingerprint density at radius 2 is 2.19 bits per heavy atom. The number of nitrogens with one attached hydrogen (secondary N) is 1. The summed E-state index contributed by atoms with van der Waals surface area (Å²) in [5.41, 5.74) is 0.968. The highest BCUT2D eigenvalue weighted by molar-refractivity contribution is 5.05. The predicted molar refractivity (Wildman–Crippen MR) is 63.4 cm³/mol. The van der Waals surface area contributed by atoms with Crippen molar-refractivity contribution in [1.82, 2.24) is 10.3 Å². The number of oxazole rings is 1. The van der Waals surface area contributed by atoms with Gasteiger partial charge in [0.15, 0.2) is 0 Å². The van der Waals surface area contributed by atoms with Crippen molar-refractivity contribution in [2.75, 3.05) is 13.7 Å². The number of aromatic nitrogens is 1. The molecule has 0 aromatic carbocycles. The first-order valence-corrected chi connectivity index (χ1v) is 5.82. The number of rotatable bonds is 7. The van der Waals surface area contributed by atoms with Crippen LogP contribution in [0.15, 0.2) is 4.42 Å². The van der Waals surface area contributed by atoms with Crippen molar-refractivity contribution in [3.63, 3.8) is 0 Å². The maximum absolute atomic E-state index is 5.51. The Kier molecular flexibility index (Phi) is 5.49. The average molecular weight is 226 g/mol. The Hall–Kier alpha value is -0.870. The van der Waals surface area contributed by atoms with E-state index in [0.29, 0.717) is 12.6 Å². The molecule has 1 heterocycles. The minimum atomic E-state index is 0.377. The number of hydrogen-bond donors (Lipinski definition) is 1. The van der Waals surface area contributed by atoms with E-state index >= 15 is 0 Å². The van der Waals surface area contributed by atoms with Crippen LogP contribution in [0.3, 0.4) is 0 Å². The van der Waals surface area contributed by atoms with E-state index in [1.807, 2.05) is 13.8 Å². The summed E-state index contributed by atoms with van der Waals surface area (Å²) in [6.45, 7) is 7.46. The van der Waals surface area contributed by atoms with Gasteiger partial charge in [0.1, 0.15) is 5.76 Å². The minimum absolute atomic E-state index is 0.377. The first-order chi connectivity index (χ1) is 7.67. The topological polar surface area (TPSA) is 47.3 Å². The molecule has 0 saturated carbocycles. The van der Waals surface area contributed by atoms with E-state index in [-0.39, 0.29) is 0 Å². The van der Waals surface area contributed by atoms with Crippen LogP contribution >= 0.6 is 0 Å². The fourth-order valence-electron chi connectivity index (χ4n) is 1.64. The predicted octanol–water partition coefficient (Wildman–Crippen LogP) is 2.20. The molecule has 4 heteroatoms. The second kappa shape index (κ2) is 6.66. The molecule has 0 saturated heterocycles. The lowest BCUT2D eigenvalue weighted by molar-refractivity contribution is 0.160. The highest BCUT2D eigenvalue weighted by atomic mass is 16.5. The monoisotopic (exact) mass is 226 g/mol. The molecule has 0 aliphatic carbocycles. The maximum Gasteiger partial charge on any atom is 0.208 e. The fourth-order valence-corrected chi connectivity index (χ4v) is 1.64. The van der Waals surface area contributed by atoms with Crippen molar-refractivity contribution in [1.29, 1.82) is 0 Å². The Balaban J connectivity index is 2.41. The van der Waals surface area contributed by atoms with Gasteiger partial charge in [-0.05, 0) is 20.3 Å². The van der Waals surface area contributed by atoms with Gasteiger partial charge in [-0.25, -0.2) is 4.98 Å². The van der Waals surface area contributed by atoms with E-state index in [9.17, 15) is 0 Å². The minimum Gasteiger partial charge on any atom is -0.444 e. The van der Waals surface area contributed by atoms with Gasteiger partial charge in [-0.1, -0.05) is 13.3 Å². The standard InChI is InChI=1S/C12H22N2O2/c1-5-6-11(8-15-4)13-7-12-14-9(2)10(3)16-12/h11,13H,5-8H2,1-4H3. The van der Waals surface area contributed by atoms with Crippen LogP contribution < -0.4 is 5.32 Å². The van der Waals surface area contributed by atoms with Gasteiger partial charge in [0.25, 0.3) is 0 Å². The molecule has 0 fully saturated rings. The molecule has 4 nitrogen and oxygen atoms in total. The quantitative estimate of drug-likeness (QED) is 0.774. The van der Waals surface area contributed by atoms with Crippen LogP contribution in [0.5, 0.6) is 0 Å². The molecular weight excluding hydrogens is 204 g/mol. The summed E-state index contributed by atoms with van der Waals surface area (Å²) in [6, 6.07) is 0.377. The van der Waals surface area contributed by atoms with Crippen LogP contribution in [0, 0.1) is 13.8 Å². The summed E-state index contributed by atoms with van der Waals surface area (Å²) < 4.78 is 10.7. The summed E-state index contributed by atoms with van der Waals surface area (Å²) >= 11 is 0. The van der Waals surface area contributed by atoms with Gasteiger partial charge in [0, 0.05) is 13.2 Å². The van der Waals surface area contributed by atoms with Crippen LogP contribution in [-0.2, 0) is 11.3 Å². The van der Waals surface area contributed by atoms with E-state index in [1.54, 1.807) is 7.11 Å². The zero-order chi connectivity index (χ0) is 12.0. The summed E-state index contributed by atoms with van der Waals surface area (Å²) in [4.78, 5) is 4.33. The van der Waals surface area contributed by atoms with E-state index in [2.05, 4.69) is 17.2 Å². The number of ether oxygens (including phenoxy) is 1. The van der Waals surface area contributed by atoms with Crippen molar-refractivity contribution in [3.8, 4) is 0 Å². The molecule has 0 bridgehead atoms. The molecule has 1 rings (SSSR count). The van der Waals surface area contributed by atoms with Crippen molar-refractivity contribution in [3.05, 3.63) is 17.3 Å². The molecule has 0 aliphatic heterocycles. The van der Waals surface area contributed by atoms with Crippen molar-refractivity contribution in [2.24, 2.45) is 0 Å². The zero-order valence-corrected chi connectivity index (χ0v) is 10.7. The summed E-state index contributed by atoms with van der Waals surface area (Å²) in [5.74, 6) is 1.66. The van der Waals surface area contributed by atoms with Gasteiger partial charge < -0.3 is 14.5 Å². The van der Waals surface area contributed by atoms with Gasteiger partial charge in [0.05, 0.1) is 18.8 Å². The molecule has 1 aromatic rings. The van der Waals surface area contributed by atoms with Gasteiger partial charge in [-0.2, -0.15) is 0 Å². The largest absolute Gasteiger partial charge is 0.444 e. The molecule has 1 aromatic heterocycles. The third kappa shape index (κ3) is 3.94. The first-order valence-electron chi connectivity index (χ1n) is 5.82. The lowest BCUT2D eigenvalue weighted by Crippen LogP contribution is -2.32. The maximum atomic E-state index is 5.51. The van der Waals surface area contributed by atoms with Crippen molar-refractivity contribution in [2.45, 2.75) is 46.2 Å². The molecule has 0 radical (unpaired) electrons. The third-order valence-corrected chi connectivity index (χ3v) is 2.62. The van der Waals surface area contributed by atoms with Crippen LogP contribution in [0.1, 0.15) is 37.1 Å². The van der Waals surface area contributed by atoms with E-state index in [4.69, 9.17) is 9.15 Å². The molecule has 1 atom stereocenters. The van der Waals surface area contributed by atoms with Crippen LogP contribution in [0.4, 0.5) is 0 Å². The summed E-state index contributed by atoms with van der Waals surface area (Å²) in [6.07, 6.45) is 2.25. The smallest absolute Gasteiger partial charge is 0.208 e. The Labute approximate surface area is 97.4 Å². The number of methoxy groups -OCH3 is 1. The molecule has 1 unspecified atom stereocenters. The molecule has 0 aliphatic rings.